The summed E-state index contributed by atoms with van der Waals surface area (Å²) < 4.78 is 14.0. The largest absolute Gasteiger partial charge is 0.340 e. The first-order chi connectivity index (χ1) is 12.0. The first-order valence-corrected chi connectivity index (χ1v) is 8.88. The van der Waals surface area contributed by atoms with Crippen molar-refractivity contribution in [3.05, 3.63) is 35.1 Å². The van der Waals surface area contributed by atoms with Gasteiger partial charge < -0.3 is 4.90 Å². The number of carbonyl (C=O) groups excluding carboxylic acids is 1. The van der Waals surface area contributed by atoms with Crippen LogP contribution in [0.15, 0.2) is 18.2 Å². The van der Waals surface area contributed by atoms with Crippen molar-refractivity contribution in [2.75, 3.05) is 39.3 Å². The standard InChI is InChI=1S/C19H25FN4O/c1-14-11-22(12-17-9-16(10-21)3-4-18(17)20)13-19(14)24-7-5-23(6-8-24)15(2)25/h3-4,9,14,19H,5-8,11-13H2,1-2H3. The van der Waals surface area contributed by atoms with Gasteiger partial charge in [0.25, 0.3) is 0 Å². The third-order valence-electron chi connectivity index (χ3n) is 5.45. The van der Waals surface area contributed by atoms with Gasteiger partial charge in [-0.25, -0.2) is 4.39 Å². The summed E-state index contributed by atoms with van der Waals surface area (Å²) in [5, 5.41) is 9.01. The van der Waals surface area contributed by atoms with Gasteiger partial charge in [-0.3, -0.25) is 14.6 Å². The zero-order valence-corrected chi connectivity index (χ0v) is 14.9. The Morgan fingerprint density at radius 1 is 1.28 bits per heavy atom. The fourth-order valence-electron chi connectivity index (χ4n) is 4.03. The molecule has 0 aromatic heterocycles. The summed E-state index contributed by atoms with van der Waals surface area (Å²) in [7, 11) is 0. The molecular formula is C19H25FN4O. The molecule has 1 aromatic rings. The van der Waals surface area contributed by atoms with E-state index in [0.29, 0.717) is 29.6 Å². The van der Waals surface area contributed by atoms with Gasteiger partial charge >= 0.3 is 0 Å². The van der Waals surface area contributed by atoms with Crippen LogP contribution in [0.2, 0.25) is 0 Å². The quantitative estimate of drug-likeness (QED) is 0.837. The number of piperazine rings is 1. The maximum atomic E-state index is 14.0. The van der Waals surface area contributed by atoms with E-state index in [2.05, 4.69) is 22.8 Å². The molecule has 2 heterocycles. The van der Waals surface area contributed by atoms with Crippen molar-refractivity contribution in [2.24, 2.45) is 5.92 Å². The first-order valence-electron chi connectivity index (χ1n) is 8.88. The minimum absolute atomic E-state index is 0.147. The molecule has 6 heteroatoms. The predicted molar refractivity (Wildman–Crippen MR) is 93.2 cm³/mol. The smallest absolute Gasteiger partial charge is 0.219 e. The molecule has 1 aromatic carbocycles. The summed E-state index contributed by atoms with van der Waals surface area (Å²) >= 11 is 0. The highest BCUT2D eigenvalue weighted by molar-refractivity contribution is 5.73. The number of benzene rings is 1. The second kappa shape index (κ2) is 7.51. The number of hydrogen-bond acceptors (Lipinski definition) is 4. The van der Waals surface area contributed by atoms with E-state index in [4.69, 9.17) is 5.26 Å². The van der Waals surface area contributed by atoms with Crippen molar-refractivity contribution in [3.63, 3.8) is 0 Å². The van der Waals surface area contributed by atoms with E-state index >= 15 is 0 Å². The second-order valence-electron chi connectivity index (χ2n) is 7.20. The number of nitriles is 1. The lowest BCUT2D eigenvalue weighted by Crippen LogP contribution is -2.53. The van der Waals surface area contributed by atoms with Gasteiger partial charge in [0, 0.05) is 64.3 Å². The van der Waals surface area contributed by atoms with Crippen LogP contribution >= 0.6 is 0 Å². The predicted octanol–water partition coefficient (Wildman–Crippen LogP) is 1.68. The van der Waals surface area contributed by atoms with Crippen LogP contribution in [0.3, 0.4) is 0 Å². The van der Waals surface area contributed by atoms with Crippen LogP contribution in [-0.2, 0) is 11.3 Å². The van der Waals surface area contributed by atoms with Crippen molar-refractivity contribution in [2.45, 2.75) is 26.4 Å². The van der Waals surface area contributed by atoms with Gasteiger partial charge in [-0.1, -0.05) is 6.92 Å². The van der Waals surface area contributed by atoms with E-state index in [1.807, 2.05) is 4.90 Å². The molecule has 0 spiro atoms. The minimum Gasteiger partial charge on any atom is -0.340 e. The van der Waals surface area contributed by atoms with Crippen molar-refractivity contribution >= 4 is 5.91 Å². The Hall–Kier alpha value is -1.97. The zero-order valence-electron chi connectivity index (χ0n) is 14.9. The number of hydrogen-bond donors (Lipinski definition) is 0. The number of nitrogens with zero attached hydrogens (tertiary/aromatic N) is 4. The Kier molecular flexibility index (Phi) is 5.36. The van der Waals surface area contributed by atoms with Gasteiger partial charge in [-0.05, 0) is 24.1 Å². The average Bonchev–Trinajstić information content (AvgIpc) is 2.97. The van der Waals surface area contributed by atoms with E-state index in [9.17, 15) is 9.18 Å². The molecule has 0 saturated carbocycles. The maximum Gasteiger partial charge on any atom is 0.219 e. The van der Waals surface area contributed by atoms with Crippen LogP contribution in [-0.4, -0.2) is 65.9 Å². The number of rotatable bonds is 3. The highest BCUT2D eigenvalue weighted by atomic mass is 19.1. The van der Waals surface area contributed by atoms with Gasteiger partial charge in [0.1, 0.15) is 5.82 Å². The van der Waals surface area contributed by atoms with Crippen LogP contribution < -0.4 is 0 Å². The Balaban J connectivity index is 1.61. The van der Waals surface area contributed by atoms with Crippen LogP contribution in [0.5, 0.6) is 0 Å². The second-order valence-corrected chi connectivity index (χ2v) is 7.20. The number of amides is 1. The number of carbonyl (C=O) groups is 1. The molecule has 5 nitrogen and oxygen atoms in total. The van der Waals surface area contributed by atoms with Crippen LogP contribution in [0.1, 0.15) is 25.0 Å². The summed E-state index contributed by atoms with van der Waals surface area (Å²) in [6.45, 7) is 9.61. The van der Waals surface area contributed by atoms with E-state index in [1.165, 1.54) is 12.1 Å². The fraction of sp³-hybridized carbons (Fsp3) is 0.579. The summed E-state index contributed by atoms with van der Waals surface area (Å²) in [6, 6.07) is 7.07. The molecule has 1 amide bonds. The van der Waals surface area contributed by atoms with E-state index in [-0.39, 0.29) is 11.7 Å². The monoisotopic (exact) mass is 344 g/mol. The highest BCUT2D eigenvalue weighted by Gasteiger charge is 2.35. The molecule has 0 aliphatic carbocycles. The van der Waals surface area contributed by atoms with Crippen molar-refractivity contribution in [1.82, 2.24) is 14.7 Å². The molecule has 2 atom stereocenters. The fourth-order valence-corrected chi connectivity index (χ4v) is 4.03. The summed E-state index contributed by atoms with van der Waals surface area (Å²) in [4.78, 5) is 18.1. The lowest BCUT2D eigenvalue weighted by atomic mass is 10.0. The first kappa shape index (κ1) is 17.8. The molecule has 0 bridgehead atoms. The Labute approximate surface area is 148 Å². The van der Waals surface area contributed by atoms with Crippen LogP contribution in [0.4, 0.5) is 4.39 Å². The molecule has 3 rings (SSSR count). The minimum atomic E-state index is -0.245. The molecule has 2 saturated heterocycles. The average molecular weight is 344 g/mol. The van der Waals surface area contributed by atoms with Crippen molar-refractivity contribution < 1.29 is 9.18 Å². The summed E-state index contributed by atoms with van der Waals surface area (Å²) in [5.74, 6) is 0.407. The molecule has 2 aliphatic rings. The normalized spacial score (nSPS) is 25.1. The lowest BCUT2D eigenvalue weighted by Gasteiger charge is -2.39. The lowest BCUT2D eigenvalue weighted by molar-refractivity contribution is -0.130. The number of halogens is 1. The molecule has 0 radical (unpaired) electrons. The Morgan fingerprint density at radius 2 is 2.00 bits per heavy atom. The topological polar surface area (TPSA) is 50.6 Å². The summed E-state index contributed by atoms with van der Waals surface area (Å²) in [5.41, 5.74) is 1.09. The molecule has 2 aliphatic heterocycles. The Bertz CT molecular complexity index is 678. The van der Waals surface area contributed by atoms with Crippen LogP contribution in [0, 0.1) is 23.1 Å². The Morgan fingerprint density at radius 3 is 2.64 bits per heavy atom. The van der Waals surface area contributed by atoms with Gasteiger partial charge in [0.05, 0.1) is 11.6 Å². The third-order valence-corrected chi connectivity index (χ3v) is 5.45. The van der Waals surface area contributed by atoms with Crippen molar-refractivity contribution in [3.8, 4) is 6.07 Å². The van der Waals surface area contributed by atoms with Gasteiger partial charge in [0.2, 0.25) is 5.91 Å². The molecule has 134 valence electrons. The molecule has 2 fully saturated rings. The number of likely N-dealkylation sites (tertiary alicyclic amines) is 1. The third kappa shape index (κ3) is 4.00. The molecule has 0 N–H and O–H groups in total. The van der Waals surface area contributed by atoms with Gasteiger partial charge in [-0.2, -0.15) is 5.26 Å². The summed E-state index contributed by atoms with van der Waals surface area (Å²) in [6.07, 6.45) is 0. The van der Waals surface area contributed by atoms with Crippen LogP contribution in [0.25, 0.3) is 0 Å². The van der Waals surface area contributed by atoms with E-state index in [1.54, 1.807) is 13.0 Å². The van der Waals surface area contributed by atoms with Gasteiger partial charge in [-0.15, -0.1) is 0 Å². The molecule has 2 unspecified atom stereocenters. The van der Waals surface area contributed by atoms with Crippen molar-refractivity contribution in [1.29, 1.82) is 5.26 Å². The maximum absolute atomic E-state index is 14.0. The SMILES string of the molecule is CC(=O)N1CCN(C2CN(Cc3cc(C#N)ccc3F)CC2C)CC1. The van der Waals surface area contributed by atoms with E-state index in [0.717, 1.165) is 39.3 Å². The zero-order chi connectivity index (χ0) is 18.0. The highest BCUT2D eigenvalue weighted by Crippen LogP contribution is 2.25. The van der Waals surface area contributed by atoms with E-state index < -0.39 is 0 Å². The molecule has 25 heavy (non-hydrogen) atoms. The van der Waals surface area contributed by atoms with Gasteiger partial charge in [0.15, 0.2) is 0 Å². The molecular weight excluding hydrogens is 319 g/mol.